The Morgan fingerprint density at radius 1 is 1.56 bits per heavy atom. The molecule has 0 aliphatic carbocycles. The molecule has 0 bridgehead atoms. The van der Waals surface area contributed by atoms with Gasteiger partial charge in [-0.2, -0.15) is 0 Å². The Labute approximate surface area is 113 Å². The van der Waals surface area contributed by atoms with Crippen LogP contribution in [0.3, 0.4) is 0 Å². The Morgan fingerprint density at radius 3 is 2.78 bits per heavy atom. The van der Waals surface area contributed by atoms with Gasteiger partial charge in [-0.15, -0.1) is 0 Å². The molecule has 1 aromatic carbocycles. The molecule has 18 heavy (non-hydrogen) atoms. The molecule has 0 spiro atoms. The minimum absolute atomic E-state index is 0.0868. The van der Waals surface area contributed by atoms with Crippen molar-refractivity contribution in [3.05, 3.63) is 38.9 Å². The number of benzene rings is 1. The van der Waals surface area contributed by atoms with Crippen LogP contribution in [0.25, 0.3) is 0 Å². The molecule has 0 radical (unpaired) electrons. The van der Waals surface area contributed by atoms with Gasteiger partial charge in [-0.25, -0.2) is 0 Å². The SMILES string of the molecule is CC(CN)CS(=O)Cc1ccc(Cl)cc1[N+](=O)[O-]. The van der Waals surface area contributed by atoms with E-state index in [1.165, 1.54) is 6.07 Å². The van der Waals surface area contributed by atoms with Crippen molar-refractivity contribution in [2.24, 2.45) is 11.7 Å². The van der Waals surface area contributed by atoms with E-state index in [-0.39, 0.29) is 17.4 Å². The first kappa shape index (κ1) is 15.1. The molecule has 0 fully saturated rings. The summed E-state index contributed by atoms with van der Waals surface area (Å²) in [5.74, 6) is 0.728. The zero-order valence-electron chi connectivity index (χ0n) is 9.97. The maximum Gasteiger partial charge on any atom is 0.275 e. The number of hydrogen-bond donors (Lipinski definition) is 1. The fraction of sp³-hybridized carbons (Fsp3) is 0.455. The summed E-state index contributed by atoms with van der Waals surface area (Å²) in [6.07, 6.45) is 0. The molecule has 0 saturated heterocycles. The van der Waals surface area contributed by atoms with Gasteiger partial charge in [0, 0.05) is 33.2 Å². The summed E-state index contributed by atoms with van der Waals surface area (Å²) >= 11 is 5.71. The van der Waals surface area contributed by atoms with E-state index in [0.717, 1.165) is 0 Å². The molecule has 0 aromatic heterocycles. The van der Waals surface area contributed by atoms with E-state index < -0.39 is 15.7 Å². The number of nitro benzene ring substituents is 1. The van der Waals surface area contributed by atoms with Crippen LogP contribution in [-0.2, 0) is 16.6 Å². The fourth-order valence-electron chi connectivity index (χ4n) is 1.45. The number of nitrogens with two attached hydrogens (primary N) is 1. The van der Waals surface area contributed by atoms with E-state index in [1.807, 2.05) is 6.92 Å². The Bertz CT molecular complexity index is 468. The third-order valence-electron chi connectivity index (χ3n) is 2.43. The van der Waals surface area contributed by atoms with Crippen LogP contribution in [0.15, 0.2) is 18.2 Å². The Balaban J connectivity index is 2.84. The molecule has 1 aromatic rings. The molecule has 2 N–H and O–H groups in total. The number of halogens is 1. The highest BCUT2D eigenvalue weighted by molar-refractivity contribution is 7.84. The van der Waals surface area contributed by atoms with Gasteiger partial charge in [0.05, 0.1) is 10.7 Å². The minimum atomic E-state index is -1.16. The molecule has 1 rings (SSSR count). The van der Waals surface area contributed by atoms with Gasteiger partial charge in [-0.1, -0.05) is 18.5 Å². The van der Waals surface area contributed by atoms with Crippen molar-refractivity contribution in [3.8, 4) is 0 Å². The highest BCUT2D eigenvalue weighted by Crippen LogP contribution is 2.24. The smallest absolute Gasteiger partial charge is 0.275 e. The van der Waals surface area contributed by atoms with E-state index in [1.54, 1.807) is 12.1 Å². The second kappa shape index (κ2) is 6.82. The minimum Gasteiger partial charge on any atom is -0.330 e. The lowest BCUT2D eigenvalue weighted by Gasteiger charge is -2.08. The molecule has 7 heteroatoms. The van der Waals surface area contributed by atoms with Crippen molar-refractivity contribution in [2.45, 2.75) is 12.7 Å². The lowest BCUT2D eigenvalue weighted by atomic mass is 10.2. The average Bonchev–Trinajstić information content (AvgIpc) is 2.30. The lowest BCUT2D eigenvalue weighted by molar-refractivity contribution is -0.385. The summed E-state index contributed by atoms with van der Waals surface area (Å²) in [6.45, 7) is 2.35. The zero-order chi connectivity index (χ0) is 13.7. The third kappa shape index (κ3) is 4.36. The van der Waals surface area contributed by atoms with Gasteiger partial charge in [-0.05, 0) is 24.6 Å². The van der Waals surface area contributed by atoms with Crippen molar-refractivity contribution in [1.29, 1.82) is 0 Å². The topological polar surface area (TPSA) is 86.2 Å². The van der Waals surface area contributed by atoms with Crippen LogP contribution in [0.2, 0.25) is 5.02 Å². The largest absolute Gasteiger partial charge is 0.330 e. The second-order valence-corrected chi connectivity index (χ2v) is 6.06. The van der Waals surface area contributed by atoms with E-state index in [4.69, 9.17) is 17.3 Å². The first-order valence-corrected chi connectivity index (χ1v) is 7.28. The molecule has 0 amide bonds. The van der Waals surface area contributed by atoms with Crippen LogP contribution >= 0.6 is 11.6 Å². The maximum absolute atomic E-state index is 11.8. The van der Waals surface area contributed by atoms with Gasteiger partial charge >= 0.3 is 0 Å². The molecular formula is C11H15ClN2O3S. The molecule has 2 atom stereocenters. The van der Waals surface area contributed by atoms with Crippen LogP contribution < -0.4 is 5.73 Å². The standard InChI is InChI=1S/C11H15ClN2O3S/c1-8(5-13)6-18(17)7-9-2-3-10(12)4-11(9)14(15)16/h2-4,8H,5-7,13H2,1H3. The number of nitrogens with zero attached hydrogens (tertiary/aromatic N) is 1. The van der Waals surface area contributed by atoms with Gasteiger partial charge < -0.3 is 5.73 Å². The van der Waals surface area contributed by atoms with Gasteiger partial charge in [0.25, 0.3) is 5.69 Å². The maximum atomic E-state index is 11.8. The van der Waals surface area contributed by atoms with Crippen LogP contribution in [0.1, 0.15) is 12.5 Å². The van der Waals surface area contributed by atoms with E-state index in [9.17, 15) is 14.3 Å². The van der Waals surface area contributed by atoms with E-state index >= 15 is 0 Å². The molecule has 0 aliphatic rings. The number of hydrogen-bond acceptors (Lipinski definition) is 4. The molecule has 0 heterocycles. The number of nitro groups is 1. The monoisotopic (exact) mass is 290 g/mol. The normalized spacial score (nSPS) is 14.2. The molecule has 2 unspecified atom stereocenters. The van der Waals surface area contributed by atoms with Crippen LogP contribution in [-0.4, -0.2) is 21.4 Å². The van der Waals surface area contributed by atoms with Crippen molar-refractivity contribution in [1.82, 2.24) is 0 Å². The second-order valence-electron chi connectivity index (χ2n) is 4.12. The summed E-state index contributed by atoms with van der Waals surface area (Å²) in [6, 6.07) is 4.39. The lowest BCUT2D eigenvalue weighted by Crippen LogP contribution is -2.18. The Kier molecular flexibility index (Phi) is 5.71. The van der Waals surface area contributed by atoms with E-state index in [0.29, 0.717) is 22.9 Å². The van der Waals surface area contributed by atoms with Crippen molar-refractivity contribution in [2.75, 3.05) is 12.3 Å². The van der Waals surface area contributed by atoms with Gasteiger partial charge in [0.1, 0.15) is 0 Å². The molecule has 0 aliphatic heterocycles. The Hall–Kier alpha value is -0.980. The summed E-state index contributed by atoms with van der Waals surface area (Å²) < 4.78 is 11.8. The quantitative estimate of drug-likeness (QED) is 0.642. The molecule has 0 saturated carbocycles. The van der Waals surface area contributed by atoms with Crippen LogP contribution in [0, 0.1) is 16.0 Å². The molecule has 100 valence electrons. The van der Waals surface area contributed by atoms with E-state index in [2.05, 4.69) is 0 Å². The zero-order valence-corrected chi connectivity index (χ0v) is 11.5. The fourth-order valence-corrected chi connectivity index (χ4v) is 3.09. The highest BCUT2D eigenvalue weighted by Gasteiger charge is 2.17. The summed E-state index contributed by atoms with van der Waals surface area (Å²) in [4.78, 5) is 10.4. The predicted octanol–water partition coefficient (Wildman–Crippen LogP) is 2.09. The summed E-state index contributed by atoms with van der Waals surface area (Å²) in [7, 11) is -1.16. The first-order valence-electron chi connectivity index (χ1n) is 5.42. The number of rotatable bonds is 6. The van der Waals surface area contributed by atoms with Crippen LogP contribution in [0.5, 0.6) is 0 Å². The van der Waals surface area contributed by atoms with Gasteiger partial charge in [-0.3, -0.25) is 14.3 Å². The first-order chi connectivity index (χ1) is 8.43. The van der Waals surface area contributed by atoms with Crippen molar-refractivity contribution in [3.63, 3.8) is 0 Å². The summed E-state index contributed by atoms with van der Waals surface area (Å²) in [5, 5.41) is 11.2. The Morgan fingerprint density at radius 2 is 2.22 bits per heavy atom. The summed E-state index contributed by atoms with van der Waals surface area (Å²) in [5.41, 5.74) is 5.80. The average molecular weight is 291 g/mol. The van der Waals surface area contributed by atoms with Crippen molar-refractivity contribution < 1.29 is 9.13 Å². The molecular weight excluding hydrogens is 276 g/mol. The van der Waals surface area contributed by atoms with Crippen LogP contribution in [0.4, 0.5) is 5.69 Å². The molecule has 5 nitrogen and oxygen atoms in total. The van der Waals surface area contributed by atoms with Crippen molar-refractivity contribution >= 4 is 28.1 Å². The highest BCUT2D eigenvalue weighted by atomic mass is 35.5. The predicted molar refractivity (Wildman–Crippen MR) is 73.0 cm³/mol. The van der Waals surface area contributed by atoms with Gasteiger partial charge in [0.15, 0.2) is 0 Å². The van der Waals surface area contributed by atoms with Gasteiger partial charge in [0.2, 0.25) is 0 Å². The third-order valence-corrected chi connectivity index (χ3v) is 4.24.